The van der Waals surface area contributed by atoms with Crippen molar-refractivity contribution < 1.29 is 14.0 Å². The Bertz CT molecular complexity index is 904. The summed E-state index contributed by atoms with van der Waals surface area (Å²) in [4.78, 5) is 13.6. The van der Waals surface area contributed by atoms with Crippen LogP contribution >= 0.6 is 0 Å². The van der Waals surface area contributed by atoms with Crippen molar-refractivity contribution >= 4 is 14.1 Å². The van der Waals surface area contributed by atoms with Gasteiger partial charge in [-0.3, -0.25) is 4.79 Å². The van der Waals surface area contributed by atoms with Crippen LogP contribution in [0.1, 0.15) is 69.8 Å². The average Bonchev–Trinajstić information content (AvgIpc) is 2.68. The summed E-state index contributed by atoms with van der Waals surface area (Å²) in [7, 11) is -0.275. The van der Waals surface area contributed by atoms with E-state index < -0.39 is 8.32 Å². The summed E-state index contributed by atoms with van der Waals surface area (Å²) in [6, 6.07) is 5.88. The second-order valence-electron chi connectivity index (χ2n) is 11.1. The number of carbonyl (C=O) groups excluding carboxylic acids is 1. The third-order valence-electron chi connectivity index (χ3n) is 7.97. The Kier molecular flexibility index (Phi) is 6.62. The zero-order valence-corrected chi connectivity index (χ0v) is 21.7. The lowest BCUT2D eigenvalue weighted by Gasteiger charge is -2.43. The quantitative estimate of drug-likeness (QED) is 0.355. The lowest BCUT2D eigenvalue weighted by molar-refractivity contribution is 0.0842. The Labute approximate surface area is 190 Å². The molecule has 0 saturated heterocycles. The summed E-state index contributed by atoms with van der Waals surface area (Å²) in [5.74, 6) is 2.84. The van der Waals surface area contributed by atoms with Gasteiger partial charge < -0.3 is 9.16 Å². The molecule has 0 amide bonds. The van der Waals surface area contributed by atoms with Gasteiger partial charge in [0.25, 0.3) is 0 Å². The first-order valence-corrected chi connectivity index (χ1v) is 14.5. The molecule has 0 spiro atoms. The van der Waals surface area contributed by atoms with Gasteiger partial charge in [-0.1, -0.05) is 32.9 Å². The van der Waals surface area contributed by atoms with Crippen molar-refractivity contribution in [2.75, 3.05) is 7.11 Å². The molecule has 0 saturated carbocycles. The number of aryl methyl sites for hydroxylation is 1. The van der Waals surface area contributed by atoms with Crippen LogP contribution < -0.4 is 4.74 Å². The van der Waals surface area contributed by atoms with Gasteiger partial charge >= 0.3 is 0 Å². The summed E-state index contributed by atoms with van der Waals surface area (Å²) in [6.07, 6.45) is 3.71. The molecule has 3 rings (SSSR count). The summed E-state index contributed by atoms with van der Waals surface area (Å²) in [5, 5.41) is 0.143. The van der Waals surface area contributed by atoms with Gasteiger partial charge in [-0.2, -0.15) is 0 Å². The van der Waals surface area contributed by atoms with Crippen LogP contribution in [0.25, 0.3) is 0 Å². The van der Waals surface area contributed by atoms with Crippen molar-refractivity contribution in [3.05, 3.63) is 52.8 Å². The summed E-state index contributed by atoms with van der Waals surface area (Å²) >= 11 is 0. The number of fused-ring (bicyclic) bond motifs is 1. The molecule has 2 aliphatic carbocycles. The molecule has 1 aromatic rings. The van der Waals surface area contributed by atoms with Crippen LogP contribution in [-0.2, 0) is 10.8 Å². The van der Waals surface area contributed by atoms with Crippen molar-refractivity contribution in [2.45, 2.75) is 78.4 Å². The van der Waals surface area contributed by atoms with Gasteiger partial charge in [-0.25, -0.2) is 0 Å². The van der Waals surface area contributed by atoms with Crippen LogP contribution in [-0.4, -0.2) is 21.2 Å². The average molecular weight is 441 g/mol. The fraction of sp³-hybridized carbons (Fsp3) is 0.593. The van der Waals surface area contributed by atoms with Crippen LogP contribution in [0.2, 0.25) is 18.1 Å². The van der Waals surface area contributed by atoms with Crippen LogP contribution in [0.15, 0.2) is 41.7 Å². The van der Waals surface area contributed by atoms with Crippen molar-refractivity contribution in [3.8, 4) is 5.75 Å². The van der Waals surface area contributed by atoms with Crippen molar-refractivity contribution in [1.82, 2.24) is 0 Å². The zero-order valence-electron chi connectivity index (χ0n) is 20.7. The number of allylic oxidation sites excluding steroid dienone is 3. The monoisotopic (exact) mass is 440 g/mol. The molecule has 0 fully saturated rings. The maximum atomic E-state index is 13.6. The predicted molar refractivity (Wildman–Crippen MR) is 131 cm³/mol. The highest BCUT2D eigenvalue weighted by molar-refractivity contribution is 6.74. The summed E-state index contributed by atoms with van der Waals surface area (Å²) in [6.45, 7) is 20.1. The fourth-order valence-corrected chi connectivity index (χ4v) is 5.92. The number of hydrogen-bond acceptors (Lipinski definition) is 3. The number of benzene rings is 1. The predicted octanol–water partition coefficient (Wildman–Crippen LogP) is 7.34. The van der Waals surface area contributed by atoms with Crippen molar-refractivity contribution in [3.63, 3.8) is 0 Å². The molecule has 0 aliphatic heterocycles. The van der Waals surface area contributed by atoms with Gasteiger partial charge in [-0.15, -0.1) is 0 Å². The lowest BCUT2D eigenvalue weighted by Crippen LogP contribution is -2.42. The molecule has 31 heavy (non-hydrogen) atoms. The SMILES string of the molecule is C=C(C)[C@H]1CC(O[Si](C)(C)C(C)(C)C)=C(C)[C@@H]([C@H]2CCc3cc(OC)ccc3C2=O)C1. The van der Waals surface area contributed by atoms with Crippen LogP contribution in [0.4, 0.5) is 0 Å². The summed E-state index contributed by atoms with van der Waals surface area (Å²) < 4.78 is 12.2. The zero-order chi connectivity index (χ0) is 23.1. The van der Waals surface area contributed by atoms with E-state index in [4.69, 9.17) is 9.16 Å². The van der Waals surface area contributed by atoms with Crippen LogP contribution in [0, 0.1) is 17.8 Å². The van der Waals surface area contributed by atoms with Gasteiger partial charge in [0.05, 0.1) is 12.9 Å². The highest BCUT2D eigenvalue weighted by Gasteiger charge is 2.43. The molecular formula is C27H40O3Si. The number of rotatable bonds is 5. The topological polar surface area (TPSA) is 35.5 Å². The molecular weight excluding hydrogens is 400 g/mol. The second-order valence-corrected chi connectivity index (χ2v) is 15.8. The smallest absolute Gasteiger partial charge is 0.250 e. The van der Waals surface area contributed by atoms with Gasteiger partial charge in [0, 0.05) is 17.9 Å². The number of hydrogen-bond donors (Lipinski definition) is 0. The molecule has 0 radical (unpaired) electrons. The Hall–Kier alpha value is -1.81. The molecule has 0 aromatic heterocycles. The molecule has 2 aliphatic rings. The largest absolute Gasteiger partial charge is 0.547 e. The first-order chi connectivity index (χ1) is 14.4. The molecule has 3 atom stereocenters. The van der Waals surface area contributed by atoms with E-state index in [2.05, 4.69) is 54.3 Å². The number of ether oxygens (including phenoxy) is 1. The van der Waals surface area contributed by atoms with Gasteiger partial charge in [0.2, 0.25) is 8.32 Å². The number of methoxy groups -OCH3 is 1. The minimum Gasteiger partial charge on any atom is -0.547 e. The number of carbonyl (C=O) groups is 1. The normalized spacial score (nSPS) is 24.6. The molecule has 1 aromatic carbocycles. The third-order valence-corrected chi connectivity index (χ3v) is 12.3. The van der Waals surface area contributed by atoms with Crippen molar-refractivity contribution in [1.29, 1.82) is 0 Å². The highest BCUT2D eigenvalue weighted by atomic mass is 28.4. The van der Waals surface area contributed by atoms with E-state index in [1.165, 1.54) is 11.1 Å². The van der Waals surface area contributed by atoms with E-state index in [0.29, 0.717) is 5.92 Å². The maximum absolute atomic E-state index is 13.6. The Balaban J connectivity index is 1.96. The van der Waals surface area contributed by atoms with Crippen molar-refractivity contribution in [2.24, 2.45) is 17.8 Å². The van der Waals surface area contributed by atoms with E-state index in [1.54, 1.807) is 7.11 Å². The van der Waals surface area contributed by atoms with E-state index >= 15 is 0 Å². The van der Waals surface area contributed by atoms with E-state index in [-0.39, 0.29) is 22.7 Å². The Morgan fingerprint density at radius 3 is 2.45 bits per heavy atom. The van der Waals surface area contributed by atoms with Gasteiger partial charge in [0.1, 0.15) is 5.75 Å². The highest BCUT2D eigenvalue weighted by Crippen LogP contribution is 2.47. The molecule has 3 nitrogen and oxygen atoms in total. The maximum Gasteiger partial charge on any atom is 0.250 e. The number of Topliss-reactive ketones (excluding diaryl/α,β-unsaturated/α-hetero) is 1. The van der Waals surface area contributed by atoms with E-state index in [9.17, 15) is 4.79 Å². The van der Waals surface area contributed by atoms with Gasteiger partial charge in [0.15, 0.2) is 5.78 Å². The minimum absolute atomic E-state index is 0.0149. The lowest BCUT2D eigenvalue weighted by atomic mass is 9.67. The summed E-state index contributed by atoms with van der Waals surface area (Å²) in [5.41, 5.74) is 4.47. The van der Waals surface area contributed by atoms with E-state index in [0.717, 1.165) is 48.3 Å². The fourth-order valence-electron chi connectivity index (χ4n) is 4.75. The molecule has 4 heteroatoms. The van der Waals surface area contributed by atoms with Gasteiger partial charge in [-0.05, 0) is 92.4 Å². The molecule has 0 unspecified atom stereocenters. The first-order valence-electron chi connectivity index (χ1n) is 11.6. The second kappa shape index (κ2) is 8.61. The van der Waals surface area contributed by atoms with E-state index in [1.807, 2.05) is 18.2 Å². The molecule has 0 bridgehead atoms. The molecule has 0 heterocycles. The van der Waals surface area contributed by atoms with Crippen LogP contribution in [0.5, 0.6) is 5.75 Å². The van der Waals surface area contributed by atoms with Crippen LogP contribution in [0.3, 0.4) is 0 Å². The molecule has 170 valence electrons. The third kappa shape index (κ3) is 4.69. The number of ketones is 1. The first kappa shape index (κ1) is 23.8. The Morgan fingerprint density at radius 1 is 1.19 bits per heavy atom. The minimum atomic E-state index is -1.95. The standard InChI is InChI=1S/C27H40O3Si/c1-17(2)20-15-24(18(3)25(16-20)30-31(8,9)27(4,5)6)23-12-10-19-14-21(29-7)11-13-22(19)26(23)28/h11,13-14,20,23-24H,1,10,12,15-16H2,2-9H3/t20-,23-,24+/m1/s1. The Morgan fingerprint density at radius 2 is 1.87 bits per heavy atom. The molecule has 0 N–H and O–H groups in total.